The zero-order valence-corrected chi connectivity index (χ0v) is 18.4. The van der Waals surface area contributed by atoms with Gasteiger partial charge in [0.05, 0.1) is 5.39 Å². The maximum Gasteiger partial charge on any atom is 0.266 e. The van der Waals surface area contributed by atoms with Crippen LogP contribution in [-0.4, -0.2) is 27.9 Å². The lowest BCUT2D eigenvalue weighted by atomic mass is 10.1. The molecule has 0 saturated heterocycles. The largest absolute Gasteiger partial charge is 0.435 e. The van der Waals surface area contributed by atoms with E-state index in [0.717, 1.165) is 17.9 Å². The number of nitrogen functional groups attached to an aromatic ring is 1. The summed E-state index contributed by atoms with van der Waals surface area (Å²) in [6.07, 6.45) is 2.53. The molecule has 2 aromatic carbocycles. The number of rotatable bonds is 6. The SMILES string of the molecule is Nc1noc2ccc(-c3cccnc3Oc3cc(F)c(S(=O)(=O)Nc4ncns4)cc3F)cc12. The summed E-state index contributed by atoms with van der Waals surface area (Å²) in [6, 6.07) is 9.47. The molecule has 0 radical (unpaired) electrons. The average molecular weight is 502 g/mol. The Balaban J connectivity index is 1.49. The lowest BCUT2D eigenvalue weighted by molar-refractivity contribution is 0.420. The van der Waals surface area contributed by atoms with Crippen molar-refractivity contribution in [1.82, 2.24) is 19.5 Å². The summed E-state index contributed by atoms with van der Waals surface area (Å²) in [5.41, 5.74) is 7.33. The van der Waals surface area contributed by atoms with E-state index in [9.17, 15) is 17.2 Å². The number of halogens is 2. The Morgan fingerprint density at radius 1 is 1.09 bits per heavy atom. The van der Waals surface area contributed by atoms with Crippen molar-refractivity contribution in [1.29, 1.82) is 0 Å². The molecule has 0 saturated carbocycles. The Morgan fingerprint density at radius 3 is 2.74 bits per heavy atom. The smallest absolute Gasteiger partial charge is 0.266 e. The highest BCUT2D eigenvalue weighted by atomic mass is 32.2. The molecule has 10 nitrogen and oxygen atoms in total. The zero-order chi connectivity index (χ0) is 23.9. The van der Waals surface area contributed by atoms with Crippen LogP contribution in [0, 0.1) is 11.6 Å². The van der Waals surface area contributed by atoms with Crippen LogP contribution in [-0.2, 0) is 10.0 Å². The Morgan fingerprint density at radius 2 is 1.94 bits per heavy atom. The van der Waals surface area contributed by atoms with E-state index in [4.69, 9.17) is 15.0 Å². The van der Waals surface area contributed by atoms with Gasteiger partial charge in [0.15, 0.2) is 23.0 Å². The van der Waals surface area contributed by atoms with Crippen molar-refractivity contribution in [3.8, 4) is 22.8 Å². The number of sulfonamides is 1. The van der Waals surface area contributed by atoms with Crippen LogP contribution in [0.15, 0.2) is 64.4 Å². The molecule has 0 unspecified atom stereocenters. The Kier molecular flexibility index (Phi) is 5.30. The first-order valence-electron chi connectivity index (χ1n) is 9.38. The molecule has 3 N–H and O–H groups in total. The van der Waals surface area contributed by atoms with Gasteiger partial charge >= 0.3 is 0 Å². The fraction of sp³-hybridized carbons (Fsp3) is 0. The molecule has 5 rings (SSSR count). The zero-order valence-electron chi connectivity index (χ0n) is 16.8. The first kappa shape index (κ1) is 21.7. The van der Waals surface area contributed by atoms with Crippen LogP contribution >= 0.6 is 11.5 Å². The number of nitrogens with two attached hydrogens (primary N) is 1. The van der Waals surface area contributed by atoms with Crippen molar-refractivity contribution in [2.24, 2.45) is 0 Å². The molecule has 0 amide bonds. The highest BCUT2D eigenvalue weighted by molar-refractivity contribution is 7.93. The van der Waals surface area contributed by atoms with Gasteiger partial charge in [-0.2, -0.15) is 4.37 Å². The molecular formula is C20H12F2N6O4S2. The van der Waals surface area contributed by atoms with Gasteiger partial charge in [-0.1, -0.05) is 11.2 Å². The summed E-state index contributed by atoms with van der Waals surface area (Å²) in [6.45, 7) is 0. The van der Waals surface area contributed by atoms with Crippen LogP contribution in [0.3, 0.4) is 0 Å². The predicted octanol–water partition coefficient (Wildman–Crippen LogP) is 4.19. The monoisotopic (exact) mass is 502 g/mol. The normalized spacial score (nSPS) is 11.6. The molecule has 172 valence electrons. The fourth-order valence-electron chi connectivity index (χ4n) is 3.10. The first-order valence-corrected chi connectivity index (χ1v) is 11.6. The highest BCUT2D eigenvalue weighted by Gasteiger charge is 2.24. The van der Waals surface area contributed by atoms with Gasteiger partial charge in [0.1, 0.15) is 17.0 Å². The number of hydrogen-bond acceptors (Lipinski definition) is 10. The average Bonchev–Trinajstić information content (AvgIpc) is 3.45. The second-order valence-electron chi connectivity index (χ2n) is 6.80. The minimum absolute atomic E-state index is 0.0437. The van der Waals surface area contributed by atoms with Crippen molar-refractivity contribution in [3.05, 3.63) is 66.6 Å². The summed E-state index contributed by atoms with van der Waals surface area (Å²) in [5.74, 6) is -2.76. The van der Waals surface area contributed by atoms with Gasteiger partial charge < -0.3 is 15.0 Å². The van der Waals surface area contributed by atoms with Gasteiger partial charge in [-0.15, -0.1) is 0 Å². The topological polar surface area (TPSA) is 146 Å². The van der Waals surface area contributed by atoms with Crippen molar-refractivity contribution in [2.45, 2.75) is 4.90 Å². The molecule has 3 heterocycles. The third-order valence-electron chi connectivity index (χ3n) is 4.65. The lowest BCUT2D eigenvalue weighted by Crippen LogP contribution is -2.15. The number of benzene rings is 2. The minimum Gasteiger partial charge on any atom is -0.435 e. The third kappa shape index (κ3) is 3.99. The number of nitrogens with zero attached hydrogens (tertiary/aromatic N) is 4. The summed E-state index contributed by atoms with van der Waals surface area (Å²) >= 11 is 0.743. The maximum atomic E-state index is 14.8. The summed E-state index contributed by atoms with van der Waals surface area (Å²) in [5, 5.41) is 4.16. The van der Waals surface area contributed by atoms with Crippen molar-refractivity contribution < 1.29 is 26.5 Å². The van der Waals surface area contributed by atoms with Gasteiger partial charge in [0.25, 0.3) is 10.0 Å². The van der Waals surface area contributed by atoms with Gasteiger partial charge in [-0.3, -0.25) is 4.72 Å². The number of anilines is 2. The highest BCUT2D eigenvalue weighted by Crippen LogP contribution is 2.36. The molecular weight excluding hydrogens is 490 g/mol. The molecule has 14 heteroatoms. The second-order valence-corrected chi connectivity index (χ2v) is 9.23. The van der Waals surface area contributed by atoms with Crippen LogP contribution in [0.2, 0.25) is 0 Å². The van der Waals surface area contributed by atoms with E-state index < -0.39 is 32.3 Å². The summed E-state index contributed by atoms with van der Waals surface area (Å²) < 4.78 is 70.7. The van der Waals surface area contributed by atoms with Gasteiger partial charge in [0.2, 0.25) is 11.0 Å². The molecule has 0 aliphatic carbocycles. The van der Waals surface area contributed by atoms with Crippen LogP contribution in [0.4, 0.5) is 19.7 Å². The first-order chi connectivity index (χ1) is 16.3. The molecule has 0 bridgehead atoms. The minimum atomic E-state index is -4.45. The number of ether oxygens (including phenoxy) is 1. The molecule has 0 atom stereocenters. The van der Waals surface area contributed by atoms with Gasteiger partial charge in [0, 0.05) is 35.4 Å². The fourth-order valence-corrected chi connectivity index (χ4v) is 4.84. The quantitative estimate of drug-likeness (QED) is 0.349. The third-order valence-corrected chi connectivity index (χ3v) is 6.71. The van der Waals surface area contributed by atoms with E-state index in [2.05, 4.69) is 19.5 Å². The molecule has 3 aromatic heterocycles. The Labute approximate surface area is 194 Å². The van der Waals surface area contributed by atoms with Crippen LogP contribution < -0.4 is 15.2 Å². The standard InChI is InChI=1S/C20H12F2N6O4S2/c21-13-8-17(34(29,30)28-20-25-9-26-33-20)14(22)7-16(13)31-19-11(2-1-5-24-19)10-3-4-15-12(6-10)18(23)27-32-15/h1-9H,(H2,23,27)(H,25,26,28). The number of fused-ring (bicyclic) bond motifs is 1. The maximum absolute atomic E-state index is 14.8. The van der Waals surface area contributed by atoms with E-state index >= 15 is 0 Å². The molecule has 0 spiro atoms. The number of pyridine rings is 1. The molecule has 34 heavy (non-hydrogen) atoms. The molecule has 0 aliphatic heterocycles. The summed E-state index contributed by atoms with van der Waals surface area (Å²) in [4.78, 5) is 6.85. The van der Waals surface area contributed by atoms with Crippen molar-refractivity contribution in [2.75, 3.05) is 10.5 Å². The van der Waals surface area contributed by atoms with Crippen LogP contribution in [0.1, 0.15) is 0 Å². The van der Waals surface area contributed by atoms with Gasteiger partial charge in [-0.05, 0) is 29.8 Å². The number of hydrogen-bond donors (Lipinski definition) is 2. The van der Waals surface area contributed by atoms with Crippen LogP contribution in [0.5, 0.6) is 11.6 Å². The predicted molar refractivity (Wildman–Crippen MR) is 119 cm³/mol. The van der Waals surface area contributed by atoms with Crippen molar-refractivity contribution in [3.63, 3.8) is 0 Å². The summed E-state index contributed by atoms with van der Waals surface area (Å²) in [7, 11) is -4.45. The second kappa shape index (κ2) is 8.31. The van der Waals surface area contributed by atoms with E-state index in [1.165, 1.54) is 6.20 Å². The number of aromatic nitrogens is 4. The van der Waals surface area contributed by atoms with Crippen LogP contribution in [0.25, 0.3) is 22.1 Å². The van der Waals surface area contributed by atoms with E-state index in [1.54, 1.807) is 30.3 Å². The Bertz CT molecular complexity index is 1620. The molecule has 0 fully saturated rings. The Hall–Kier alpha value is -4.17. The van der Waals surface area contributed by atoms with E-state index in [0.29, 0.717) is 34.2 Å². The van der Waals surface area contributed by atoms with E-state index in [-0.39, 0.29) is 16.8 Å². The lowest BCUT2D eigenvalue weighted by Gasteiger charge is -2.12. The number of nitrogens with one attached hydrogen (secondary N) is 1. The molecule has 5 aromatic rings. The van der Waals surface area contributed by atoms with Crippen molar-refractivity contribution >= 4 is 43.5 Å². The van der Waals surface area contributed by atoms with E-state index in [1.807, 2.05) is 4.72 Å². The molecule has 0 aliphatic rings. The van der Waals surface area contributed by atoms with Gasteiger partial charge in [-0.25, -0.2) is 27.2 Å².